The minimum absolute atomic E-state index is 0.133. The summed E-state index contributed by atoms with van der Waals surface area (Å²) in [4.78, 5) is -0.133. The fourth-order valence-corrected chi connectivity index (χ4v) is 1.59. The molecule has 1 atom stereocenters. The number of hydrogen-bond acceptors (Lipinski definition) is 1. The van der Waals surface area contributed by atoms with E-state index in [2.05, 4.69) is 22.0 Å². The van der Waals surface area contributed by atoms with Crippen LogP contribution in [0.15, 0.2) is 18.2 Å². The van der Waals surface area contributed by atoms with Gasteiger partial charge in [0.2, 0.25) is 0 Å². The molecule has 0 saturated carbocycles. The van der Waals surface area contributed by atoms with Gasteiger partial charge in [0.15, 0.2) is 0 Å². The largest absolute Gasteiger partial charge is 0.197 e. The number of halogens is 2. The SMILES string of the molecule is Cc1ccc(CC(Br)C#N)cc1Cl. The summed E-state index contributed by atoms with van der Waals surface area (Å²) in [6.07, 6.45) is 0.691. The molecule has 0 fully saturated rings. The predicted octanol–water partition coefficient (Wildman–Crippen LogP) is 3.48. The van der Waals surface area contributed by atoms with Crippen LogP contribution >= 0.6 is 27.5 Å². The normalized spacial score (nSPS) is 12.2. The Kier molecular flexibility index (Phi) is 3.77. The first-order chi connectivity index (χ1) is 6.13. The van der Waals surface area contributed by atoms with E-state index in [9.17, 15) is 0 Å². The molecule has 0 bridgehead atoms. The third-order valence-corrected chi connectivity index (χ3v) is 2.73. The van der Waals surface area contributed by atoms with Crippen molar-refractivity contribution in [3.63, 3.8) is 0 Å². The summed E-state index contributed by atoms with van der Waals surface area (Å²) in [5.74, 6) is 0. The maximum atomic E-state index is 8.59. The molecule has 0 aliphatic carbocycles. The molecule has 0 spiro atoms. The summed E-state index contributed by atoms with van der Waals surface area (Å²) in [6, 6.07) is 7.99. The van der Waals surface area contributed by atoms with Gasteiger partial charge in [-0.2, -0.15) is 5.26 Å². The van der Waals surface area contributed by atoms with Crippen molar-refractivity contribution in [3.8, 4) is 6.07 Å². The van der Waals surface area contributed by atoms with Gasteiger partial charge in [-0.15, -0.1) is 0 Å². The molecule has 0 aliphatic heterocycles. The summed E-state index contributed by atoms with van der Waals surface area (Å²) in [7, 11) is 0. The average molecular weight is 259 g/mol. The van der Waals surface area contributed by atoms with Gasteiger partial charge in [-0.3, -0.25) is 0 Å². The molecule has 1 unspecified atom stereocenters. The van der Waals surface area contributed by atoms with Gasteiger partial charge in [0.25, 0.3) is 0 Å². The van der Waals surface area contributed by atoms with E-state index < -0.39 is 0 Å². The summed E-state index contributed by atoms with van der Waals surface area (Å²) in [5, 5.41) is 9.35. The summed E-state index contributed by atoms with van der Waals surface area (Å²) in [6.45, 7) is 1.96. The number of benzene rings is 1. The molecular weight excluding hydrogens is 249 g/mol. The van der Waals surface area contributed by atoms with E-state index in [1.165, 1.54) is 0 Å². The van der Waals surface area contributed by atoms with Crippen molar-refractivity contribution in [1.29, 1.82) is 5.26 Å². The van der Waals surface area contributed by atoms with E-state index in [-0.39, 0.29) is 4.83 Å². The van der Waals surface area contributed by atoms with E-state index >= 15 is 0 Å². The van der Waals surface area contributed by atoms with Crippen LogP contribution in [-0.4, -0.2) is 4.83 Å². The predicted molar refractivity (Wildman–Crippen MR) is 58.2 cm³/mol. The van der Waals surface area contributed by atoms with Crippen LogP contribution < -0.4 is 0 Å². The number of nitriles is 1. The van der Waals surface area contributed by atoms with Crippen LogP contribution in [0.25, 0.3) is 0 Å². The molecule has 0 aliphatic rings. The van der Waals surface area contributed by atoms with Gasteiger partial charge in [-0.25, -0.2) is 0 Å². The number of alkyl halides is 1. The molecule has 1 aromatic carbocycles. The van der Waals surface area contributed by atoms with Crippen LogP contribution in [0.2, 0.25) is 5.02 Å². The lowest BCUT2D eigenvalue weighted by molar-refractivity contribution is 1.04. The van der Waals surface area contributed by atoms with Crippen LogP contribution in [0.1, 0.15) is 11.1 Å². The van der Waals surface area contributed by atoms with Gasteiger partial charge in [0, 0.05) is 5.02 Å². The highest BCUT2D eigenvalue weighted by molar-refractivity contribution is 9.09. The first-order valence-corrected chi connectivity index (χ1v) is 5.21. The van der Waals surface area contributed by atoms with Crippen LogP contribution in [0.4, 0.5) is 0 Å². The molecule has 0 heterocycles. The van der Waals surface area contributed by atoms with Crippen molar-refractivity contribution in [1.82, 2.24) is 0 Å². The van der Waals surface area contributed by atoms with Crippen molar-refractivity contribution in [2.75, 3.05) is 0 Å². The third-order valence-electron chi connectivity index (χ3n) is 1.79. The lowest BCUT2D eigenvalue weighted by Gasteiger charge is -2.03. The van der Waals surface area contributed by atoms with Gasteiger partial charge in [-0.1, -0.05) is 39.7 Å². The Morgan fingerprint density at radius 1 is 1.62 bits per heavy atom. The number of hydrogen-bond donors (Lipinski definition) is 0. The molecule has 1 aromatic rings. The van der Waals surface area contributed by atoms with Gasteiger partial charge >= 0.3 is 0 Å². The first kappa shape index (κ1) is 10.6. The van der Waals surface area contributed by atoms with Crippen LogP contribution in [0, 0.1) is 18.3 Å². The molecule has 0 N–H and O–H groups in total. The lowest BCUT2D eigenvalue weighted by Crippen LogP contribution is -1.98. The van der Waals surface area contributed by atoms with Gasteiger partial charge < -0.3 is 0 Å². The maximum absolute atomic E-state index is 8.59. The summed E-state index contributed by atoms with van der Waals surface area (Å²) in [5.41, 5.74) is 2.15. The molecule has 0 saturated heterocycles. The molecular formula is C10H9BrClN. The van der Waals surface area contributed by atoms with Crippen LogP contribution in [-0.2, 0) is 6.42 Å². The average Bonchev–Trinajstić information content (AvgIpc) is 2.11. The van der Waals surface area contributed by atoms with Gasteiger partial charge in [0.05, 0.1) is 6.07 Å². The molecule has 3 heteroatoms. The standard InChI is InChI=1S/C10H9BrClN/c1-7-2-3-8(5-10(7)12)4-9(11)6-13/h2-3,5,9H,4H2,1H3. The second-order valence-electron chi connectivity index (χ2n) is 2.88. The second-order valence-corrected chi connectivity index (χ2v) is 4.40. The number of nitrogens with zero attached hydrogens (tertiary/aromatic N) is 1. The molecule has 13 heavy (non-hydrogen) atoms. The smallest absolute Gasteiger partial charge is 0.105 e. The Morgan fingerprint density at radius 3 is 2.85 bits per heavy atom. The fraction of sp³-hybridized carbons (Fsp3) is 0.300. The number of aryl methyl sites for hydroxylation is 1. The zero-order valence-corrected chi connectivity index (χ0v) is 9.56. The van der Waals surface area contributed by atoms with Crippen LogP contribution in [0.5, 0.6) is 0 Å². The Bertz CT molecular complexity index is 343. The Hall–Kier alpha value is -0.520. The van der Waals surface area contributed by atoms with Gasteiger partial charge in [0.1, 0.15) is 4.83 Å². The third kappa shape index (κ3) is 3.02. The van der Waals surface area contributed by atoms with Crippen molar-refractivity contribution in [2.24, 2.45) is 0 Å². The molecule has 0 radical (unpaired) electrons. The maximum Gasteiger partial charge on any atom is 0.105 e. The Morgan fingerprint density at radius 2 is 2.31 bits per heavy atom. The van der Waals surface area contributed by atoms with Gasteiger partial charge in [-0.05, 0) is 30.5 Å². The summed E-state index contributed by atoms with van der Waals surface area (Å²) < 4.78 is 0. The molecule has 0 amide bonds. The Labute approximate surface area is 91.5 Å². The minimum atomic E-state index is -0.133. The van der Waals surface area contributed by atoms with E-state index in [1.807, 2.05) is 25.1 Å². The second kappa shape index (κ2) is 4.64. The van der Waals surface area contributed by atoms with Crippen molar-refractivity contribution >= 4 is 27.5 Å². The molecule has 68 valence electrons. The van der Waals surface area contributed by atoms with E-state index in [1.54, 1.807) is 0 Å². The zero-order chi connectivity index (χ0) is 9.84. The van der Waals surface area contributed by atoms with Crippen LogP contribution in [0.3, 0.4) is 0 Å². The van der Waals surface area contributed by atoms with E-state index in [0.29, 0.717) is 6.42 Å². The molecule has 0 aromatic heterocycles. The highest BCUT2D eigenvalue weighted by atomic mass is 79.9. The van der Waals surface area contributed by atoms with E-state index in [4.69, 9.17) is 16.9 Å². The number of rotatable bonds is 2. The lowest BCUT2D eigenvalue weighted by atomic mass is 10.1. The highest BCUT2D eigenvalue weighted by Crippen LogP contribution is 2.18. The van der Waals surface area contributed by atoms with Crippen molar-refractivity contribution < 1.29 is 0 Å². The highest BCUT2D eigenvalue weighted by Gasteiger charge is 2.04. The molecule has 1 nitrogen and oxygen atoms in total. The van der Waals surface area contributed by atoms with Crippen molar-refractivity contribution in [2.45, 2.75) is 18.2 Å². The van der Waals surface area contributed by atoms with E-state index in [0.717, 1.165) is 16.1 Å². The minimum Gasteiger partial charge on any atom is -0.197 e. The Balaban J connectivity index is 2.81. The fourth-order valence-electron chi connectivity index (χ4n) is 1.02. The topological polar surface area (TPSA) is 23.8 Å². The molecule has 1 rings (SSSR count). The van der Waals surface area contributed by atoms with Crippen molar-refractivity contribution in [3.05, 3.63) is 34.3 Å². The quantitative estimate of drug-likeness (QED) is 0.745. The monoisotopic (exact) mass is 257 g/mol. The summed E-state index contributed by atoms with van der Waals surface area (Å²) >= 11 is 9.19. The first-order valence-electron chi connectivity index (χ1n) is 3.92. The zero-order valence-electron chi connectivity index (χ0n) is 7.22.